The number of halogens is 1. The maximum absolute atomic E-state index is 13.2. The van der Waals surface area contributed by atoms with Gasteiger partial charge in [0.1, 0.15) is 5.82 Å². The number of carbonyl (C=O) groups excluding carboxylic acids is 1. The molecule has 0 saturated carbocycles. The Bertz CT molecular complexity index is 480. The van der Waals surface area contributed by atoms with Gasteiger partial charge >= 0.3 is 0 Å². The molecule has 2 rings (SSSR count). The van der Waals surface area contributed by atoms with E-state index in [1.807, 2.05) is 0 Å². The Morgan fingerprint density at radius 2 is 2.29 bits per heavy atom. The molecule has 4 heteroatoms. The predicted molar refractivity (Wildman–Crippen MR) is 54.4 cm³/mol. The topological polar surface area (TPSA) is 43.1 Å². The van der Waals surface area contributed by atoms with E-state index in [1.165, 1.54) is 17.4 Å². The molecular formula is C10H7FNOS. The summed E-state index contributed by atoms with van der Waals surface area (Å²) in [5, 5.41) is 2.40. The first-order valence-corrected chi connectivity index (χ1v) is 4.91. The quantitative estimate of drug-likeness (QED) is 0.821. The summed E-state index contributed by atoms with van der Waals surface area (Å²) in [5.74, 6) is -0.281. The standard InChI is InChI=1S/C10H7FNOS/c11-8-3-1-2-6-7(9(12)4-13)5-14-10(6)8/h1-3,5,9H,12H2. The van der Waals surface area contributed by atoms with Crippen LogP contribution in [0.3, 0.4) is 0 Å². The fourth-order valence-corrected chi connectivity index (χ4v) is 2.36. The van der Waals surface area contributed by atoms with Gasteiger partial charge in [-0.2, -0.15) is 0 Å². The molecule has 0 fully saturated rings. The van der Waals surface area contributed by atoms with Crippen LogP contribution in [0.15, 0.2) is 23.6 Å². The summed E-state index contributed by atoms with van der Waals surface area (Å²) < 4.78 is 13.8. The van der Waals surface area contributed by atoms with Crippen LogP contribution >= 0.6 is 11.3 Å². The van der Waals surface area contributed by atoms with Crippen LogP contribution in [0.1, 0.15) is 11.6 Å². The van der Waals surface area contributed by atoms with Crippen LogP contribution < -0.4 is 5.73 Å². The molecule has 0 aliphatic heterocycles. The molecule has 0 bridgehead atoms. The predicted octanol–water partition coefficient (Wildman–Crippen LogP) is 2.15. The molecule has 1 aromatic carbocycles. The van der Waals surface area contributed by atoms with Gasteiger partial charge in [-0.15, -0.1) is 11.3 Å². The number of fused-ring (bicyclic) bond motifs is 1. The minimum Gasteiger partial charge on any atom is -0.317 e. The van der Waals surface area contributed by atoms with Gasteiger partial charge in [0.15, 0.2) is 0 Å². The number of benzene rings is 1. The maximum atomic E-state index is 13.2. The molecule has 1 atom stereocenters. The zero-order valence-corrected chi connectivity index (χ0v) is 7.98. The molecule has 1 heterocycles. The summed E-state index contributed by atoms with van der Waals surface area (Å²) in [6.45, 7) is 0. The summed E-state index contributed by atoms with van der Waals surface area (Å²) >= 11 is 1.25. The molecule has 0 aliphatic carbocycles. The second-order valence-corrected chi connectivity index (χ2v) is 3.78. The number of hydrogen-bond donors (Lipinski definition) is 1. The highest BCUT2D eigenvalue weighted by molar-refractivity contribution is 7.17. The van der Waals surface area contributed by atoms with Gasteiger partial charge in [0, 0.05) is 5.39 Å². The maximum Gasteiger partial charge on any atom is 0.221 e. The summed E-state index contributed by atoms with van der Waals surface area (Å²) in [4.78, 5) is 10.4. The van der Waals surface area contributed by atoms with Crippen molar-refractivity contribution in [3.63, 3.8) is 0 Å². The fraction of sp³-hybridized carbons (Fsp3) is 0.100. The second kappa shape index (κ2) is 3.48. The lowest BCUT2D eigenvalue weighted by Crippen LogP contribution is -2.10. The molecule has 1 unspecified atom stereocenters. The average Bonchev–Trinajstić information content (AvgIpc) is 2.62. The highest BCUT2D eigenvalue weighted by Crippen LogP contribution is 2.30. The largest absolute Gasteiger partial charge is 0.317 e. The third-order valence-electron chi connectivity index (χ3n) is 2.04. The first kappa shape index (κ1) is 9.30. The molecule has 2 aromatic rings. The summed E-state index contributed by atoms with van der Waals surface area (Å²) in [7, 11) is 0. The normalized spacial score (nSPS) is 13.0. The van der Waals surface area contributed by atoms with Crippen molar-refractivity contribution in [3.8, 4) is 0 Å². The number of hydrogen-bond acceptors (Lipinski definition) is 3. The molecule has 2 N–H and O–H groups in total. The zero-order valence-electron chi connectivity index (χ0n) is 7.16. The first-order chi connectivity index (χ1) is 6.74. The van der Waals surface area contributed by atoms with Gasteiger partial charge in [0.05, 0.1) is 10.7 Å². The Hall–Kier alpha value is -1.26. The highest BCUT2D eigenvalue weighted by Gasteiger charge is 2.13. The van der Waals surface area contributed by atoms with E-state index in [0.29, 0.717) is 15.6 Å². The van der Waals surface area contributed by atoms with Crippen molar-refractivity contribution in [2.75, 3.05) is 0 Å². The van der Waals surface area contributed by atoms with E-state index in [-0.39, 0.29) is 5.82 Å². The van der Waals surface area contributed by atoms with Crippen molar-refractivity contribution in [1.82, 2.24) is 0 Å². The van der Waals surface area contributed by atoms with Crippen LogP contribution in [0.5, 0.6) is 0 Å². The van der Waals surface area contributed by atoms with E-state index in [0.717, 1.165) is 0 Å². The minimum atomic E-state index is -0.787. The van der Waals surface area contributed by atoms with Crippen LogP contribution in [0.2, 0.25) is 0 Å². The lowest BCUT2D eigenvalue weighted by molar-refractivity contribution is 0.544. The molecule has 71 valence electrons. The molecule has 2 nitrogen and oxygen atoms in total. The van der Waals surface area contributed by atoms with Gasteiger partial charge in [-0.3, -0.25) is 4.79 Å². The van der Waals surface area contributed by atoms with Crippen LogP contribution in [0.4, 0.5) is 4.39 Å². The third kappa shape index (κ3) is 1.32. The molecule has 14 heavy (non-hydrogen) atoms. The molecule has 1 aromatic heterocycles. The SMILES string of the molecule is NC([C]=O)c1csc2c(F)cccc12. The number of nitrogens with two attached hydrogens (primary N) is 1. The van der Waals surface area contributed by atoms with Crippen LogP contribution in [0.25, 0.3) is 10.1 Å². The Kier molecular flexibility index (Phi) is 2.31. The average molecular weight is 208 g/mol. The molecule has 0 saturated heterocycles. The third-order valence-corrected chi connectivity index (χ3v) is 3.07. The molecule has 0 spiro atoms. The van der Waals surface area contributed by atoms with E-state index in [1.54, 1.807) is 23.8 Å². The molecule has 0 amide bonds. The minimum absolute atomic E-state index is 0.281. The van der Waals surface area contributed by atoms with Crippen molar-refractivity contribution >= 4 is 27.7 Å². The van der Waals surface area contributed by atoms with E-state index in [4.69, 9.17) is 5.73 Å². The Morgan fingerprint density at radius 1 is 1.50 bits per heavy atom. The number of rotatable bonds is 2. The van der Waals surface area contributed by atoms with E-state index in [2.05, 4.69) is 0 Å². The van der Waals surface area contributed by atoms with Crippen molar-refractivity contribution in [3.05, 3.63) is 35.0 Å². The van der Waals surface area contributed by atoms with E-state index >= 15 is 0 Å². The van der Waals surface area contributed by atoms with Gasteiger partial charge in [0.2, 0.25) is 6.29 Å². The second-order valence-electron chi connectivity index (χ2n) is 2.90. The monoisotopic (exact) mass is 208 g/mol. The molecule has 1 radical (unpaired) electrons. The Labute approximate surface area is 84.2 Å². The lowest BCUT2D eigenvalue weighted by atomic mass is 10.1. The fourth-order valence-electron chi connectivity index (χ4n) is 1.35. The van der Waals surface area contributed by atoms with Crippen LogP contribution in [-0.4, -0.2) is 6.29 Å². The van der Waals surface area contributed by atoms with Crippen LogP contribution in [-0.2, 0) is 4.79 Å². The van der Waals surface area contributed by atoms with E-state index in [9.17, 15) is 9.18 Å². The highest BCUT2D eigenvalue weighted by atomic mass is 32.1. The number of thiophene rings is 1. The van der Waals surface area contributed by atoms with Crippen molar-refractivity contribution in [2.24, 2.45) is 5.73 Å². The lowest BCUT2D eigenvalue weighted by Gasteiger charge is -2.00. The Morgan fingerprint density at radius 3 is 3.00 bits per heavy atom. The van der Waals surface area contributed by atoms with Crippen molar-refractivity contribution in [1.29, 1.82) is 0 Å². The summed E-state index contributed by atoms with van der Waals surface area (Å²) in [5.41, 5.74) is 6.15. The van der Waals surface area contributed by atoms with Crippen LogP contribution in [0, 0.1) is 5.82 Å². The van der Waals surface area contributed by atoms with Gasteiger partial charge in [-0.05, 0) is 17.0 Å². The van der Waals surface area contributed by atoms with E-state index < -0.39 is 6.04 Å². The first-order valence-electron chi connectivity index (χ1n) is 4.03. The van der Waals surface area contributed by atoms with Crippen molar-refractivity contribution in [2.45, 2.75) is 6.04 Å². The summed E-state index contributed by atoms with van der Waals surface area (Å²) in [6, 6.07) is 3.96. The summed E-state index contributed by atoms with van der Waals surface area (Å²) in [6.07, 6.45) is 1.69. The van der Waals surface area contributed by atoms with Gasteiger partial charge < -0.3 is 5.73 Å². The smallest absolute Gasteiger partial charge is 0.221 e. The van der Waals surface area contributed by atoms with Crippen molar-refractivity contribution < 1.29 is 9.18 Å². The molecule has 0 aliphatic rings. The zero-order chi connectivity index (χ0) is 10.1. The van der Waals surface area contributed by atoms with Gasteiger partial charge in [-0.25, -0.2) is 4.39 Å². The van der Waals surface area contributed by atoms with Gasteiger partial charge in [-0.1, -0.05) is 12.1 Å². The van der Waals surface area contributed by atoms with Gasteiger partial charge in [0.25, 0.3) is 0 Å². The molecular weight excluding hydrogens is 201 g/mol. The Balaban J connectivity index is 2.69.